The maximum atomic E-state index is 12.3. The standard InChI is InChI=1S/C13H18N2O2S/c1-9-11(16)14-13(2,3)12(17)15(9)7-6-10-5-4-8-18-10/h4-5,8-9H,6-7H2,1-3H3,(H,14,16). The Hall–Kier alpha value is -1.36. The van der Waals surface area contributed by atoms with Gasteiger partial charge in [-0.2, -0.15) is 0 Å². The van der Waals surface area contributed by atoms with Crippen LogP contribution in [0.3, 0.4) is 0 Å². The lowest BCUT2D eigenvalue weighted by Crippen LogP contribution is -2.67. The van der Waals surface area contributed by atoms with Gasteiger partial charge in [-0.3, -0.25) is 9.59 Å². The Morgan fingerprint density at radius 3 is 2.78 bits per heavy atom. The number of carbonyl (C=O) groups excluding carboxylic acids is 2. The molecule has 0 aliphatic carbocycles. The van der Waals surface area contributed by atoms with Gasteiger partial charge in [0.05, 0.1) is 0 Å². The highest BCUT2D eigenvalue weighted by Crippen LogP contribution is 2.19. The average molecular weight is 266 g/mol. The molecule has 0 saturated carbocycles. The van der Waals surface area contributed by atoms with E-state index in [-0.39, 0.29) is 17.9 Å². The largest absolute Gasteiger partial charge is 0.340 e. The zero-order chi connectivity index (χ0) is 13.3. The molecule has 1 aromatic rings. The Kier molecular flexibility index (Phi) is 3.43. The molecule has 2 rings (SSSR count). The Balaban J connectivity index is 2.09. The molecule has 1 N–H and O–H groups in total. The fourth-order valence-corrected chi connectivity index (χ4v) is 2.82. The fraction of sp³-hybridized carbons (Fsp3) is 0.538. The van der Waals surface area contributed by atoms with Crippen LogP contribution in [-0.2, 0) is 16.0 Å². The third-order valence-electron chi connectivity index (χ3n) is 3.26. The molecule has 1 fully saturated rings. The molecule has 0 spiro atoms. The van der Waals surface area contributed by atoms with Crippen molar-refractivity contribution in [3.05, 3.63) is 22.4 Å². The molecular formula is C13H18N2O2S. The maximum absolute atomic E-state index is 12.3. The van der Waals surface area contributed by atoms with Crippen molar-refractivity contribution < 1.29 is 9.59 Å². The molecule has 2 amide bonds. The van der Waals surface area contributed by atoms with Crippen LogP contribution in [-0.4, -0.2) is 34.8 Å². The Morgan fingerprint density at radius 1 is 1.44 bits per heavy atom. The summed E-state index contributed by atoms with van der Waals surface area (Å²) in [7, 11) is 0. The fourth-order valence-electron chi connectivity index (χ4n) is 2.12. The lowest BCUT2D eigenvalue weighted by molar-refractivity contribution is -0.152. The second-order valence-electron chi connectivity index (χ2n) is 5.12. The van der Waals surface area contributed by atoms with Crippen molar-refractivity contribution in [2.75, 3.05) is 6.54 Å². The van der Waals surface area contributed by atoms with Crippen LogP contribution in [0.2, 0.25) is 0 Å². The summed E-state index contributed by atoms with van der Waals surface area (Å²) in [5, 5.41) is 4.77. The number of piperazine rings is 1. The first-order valence-electron chi connectivity index (χ1n) is 6.07. The second-order valence-corrected chi connectivity index (χ2v) is 6.15. The van der Waals surface area contributed by atoms with Crippen LogP contribution in [0.25, 0.3) is 0 Å². The predicted molar refractivity (Wildman–Crippen MR) is 71.4 cm³/mol. The number of hydrogen-bond acceptors (Lipinski definition) is 3. The highest BCUT2D eigenvalue weighted by atomic mass is 32.1. The van der Waals surface area contributed by atoms with E-state index in [0.29, 0.717) is 6.54 Å². The quantitative estimate of drug-likeness (QED) is 0.899. The molecule has 0 bridgehead atoms. The summed E-state index contributed by atoms with van der Waals surface area (Å²) in [6.07, 6.45) is 0.803. The minimum atomic E-state index is -0.793. The molecule has 4 nitrogen and oxygen atoms in total. The monoisotopic (exact) mass is 266 g/mol. The van der Waals surface area contributed by atoms with Crippen molar-refractivity contribution in [2.24, 2.45) is 0 Å². The molecule has 1 atom stereocenters. The topological polar surface area (TPSA) is 49.4 Å². The zero-order valence-electron chi connectivity index (χ0n) is 10.9. The lowest BCUT2D eigenvalue weighted by Gasteiger charge is -2.41. The van der Waals surface area contributed by atoms with E-state index in [0.717, 1.165) is 6.42 Å². The van der Waals surface area contributed by atoms with Gasteiger partial charge in [0, 0.05) is 11.4 Å². The number of thiophene rings is 1. The molecular weight excluding hydrogens is 248 g/mol. The summed E-state index contributed by atoms with van der Waals surface area (Å²) < 4.78 is 0. The molecule has 1 aromatic heterocycles. The van der Waals surface area contributed by atoms with Crippen LogP contribution < -0.4 is 5.32 Å². The number of nitrogens with zero attached hydrogens (tertiary/aromatic N) is 1. The summed E-state index contributed by atoms with van der Waals surface area (Å²) >= 11 is 1.68. The van der Waals surface area contributed by atoms with Gasteiger partial charge in [0.25, 0.3) is 0 Å². The van der Waals surface area contributed by atoms with Crippen molar-refractivity contribution in [3.8, 4) is 0 Å². The SMILES string of the molecule is CC1C(=O)NC(C)(C)C(=O)N1CCc1cccs1. The van der Waals surface area contributed by atoms with Gasteiger partial charge in [-0.15, -0.1) is 11.3 Å². The van der Waals surface area contributed by atoms with Crippen molar-refractivity contribution in [2.45, 2.75) is 38.8 Å². The minimum Gasteiger partial charge on any atom is -0.340 e. The van der Waals surface area contributed by atoms with Gasteiger partial charge in [0.2, 0.25) is 11.8 Å². The molecule has 0 aromatic carbocycles. The van der Waals surface area contributed by atoms with Gasteiger partial charge < -0.3 is 10.2 Å². The summed E-state index contributed by atoms with van der Waals surface area (Å²) in [5.41, 5.74) is -0.793. The molecule has 98 valence electrons. The van der Waals surface area contributed by atoms with Crippen LogP contribution in [0.5, 0.6) is 0 Å². The van der Waals surface area contributed by atoms with Crippen LogP contribution >= 0.6 is 11.3 Å². The number of hydrogen-bond donors (Lipinski definition) is 1. The van der Waals surface area contributed by atoms with Gasteiger partial charge in [0.15, 0.2) is 0 Å². The molecule has 1 saturated heterocycles. The van der Waals surface area contributed by atoms with Gasteiger partial charge in [-0.05, 0) is 38.6 Å². The van der Waals surface area contributed by atoms with E-state index in [9.17, 15) is 9.59 Å². The first-order valence-corrected chi connectivity index (χ1v) is 6.95. The van der Waals surface area contributed by atoms with E-state index in [2.05, 4.69) is 11.4 Å². The molecule has 0 radical (unpaired) electrons. The predicted octanol–water partition coefficient (Wildman–Crippen LogP) is 1.42. The van der Waals surface area contributed by atoms with E-state index < -0.39 is 5.54 Å². The van der Waals surface area contributed by atoms with Crippen LogP contribution in [0.4, 0.5) is 0 Å². The number of carbonyl (C=O) groups is 2. The van der Waals surface area contributed by atoms with Gasteiger partial charge in [-0.1, -0.05) is 6.07 Å². The van der Waals surface area contributed by atoms with Crippen molar-refractivity contribution in [1.29, 1.82) is 0 Å². The van der Waals surface area contributed by atoms with Crippen molar-refractivity contribution in [3.63, 3.8) is 0 Å². The van der Waals surface area contributed by atoms with Gasteiger partial charge in [0.1, 0.15) is 11.6 Å². The molecule has 1 aliphatic heterocycles. The van der Waals surface area contributed by atoms with Crippen molar-refractivity contribution >= 4 is 23.2 Å². The molecule has 1 aliphatic rings. The van der Waals surface area contributed by atoms with E-state index in [1.165, 1.54) is 4.88 Å². The summed E-state index contributed by atoms with van der Waals surface area (Å²) in [6.45, 7) is 5.86. The number of rotatable bonds is 3. The molecule has 18 heavy (non-hydrogen) atoms. The van der Waals surface area contributed by atoms with E-state index in [4.69, 9.17) is 0 Å². The number of amides is 2. The smallest absolute Gasteiger partial charge is 0.248 e. The van der Waals surface area contributed by atoms with E-state index >= 15 is 0 Å². The lowest BCUT2D eigenvalue weighted by atomic mass is 9.97. The average Bonchev–Trinajstić information content (AvgIpc) is 2.79. The van der Waals surface area contributed by atoms with Crippen LogP contribution in [0, 0.1) is 0 Å². The molecule has 5 heteroatoms. The normalized spacial score (nSPS) is 23.1. The van der Waals surface area contributed by atoms with Crippen LogP contribution in [0.1, 0.15) is 25.6 Å². The van der Waals surface area contributed by atoms with Crippen molar-refractivity contribution in [1.82, 2.24) is 10.2 Å². The first kappa shape index (κ1) is 13.1. The van der Waals surface area contributed by atoms with Gasteiger partial charge in [-0.25, -0.2) is 0 Å². The van der Waals surface area contributed by atoms with Gasteiger partial charge >= 0.3 is 0 Å². The zero-order valence-corrected chi connectivity index (χ0v) is 11.7. The summed E-state index contributed by atoms with van der Waals surface area (Å²) in [5.74, 6) is -0.0862. The third kappa shape index (κ3) is 2.41. The van der Waals surface area contributed by atoms with Crippen LogP contribution in [0.15, 0.2) is 17.5 Å². The Morgan fingerprint density at radius 2 is 2.17 bits per heavy atom. The number of nitrogens with one attached hydrogen (secondary N) is 1. The minimum absolute atomic E-state index is 0.00819. The highest BCUT2D eigenvalue weighted by molar-refractivity contribution is 7.09. The first-order chi connectivity index (χ1) is 8.42. The molecule has 1 unspecified atom stereocenters. The Labute approximate surface area is 111 Å². The highest BCUT2D eigenvalue weighted by Gasteiger charge is 2.42. The summed E-state index contributed by atoms with van der Waals surface area (Å²) in [4.78, 5) is 27.0. The maximum Gasteiger partial charge on any atom is 0.248 e. The third-order valence-corrected chi connectivity index (χ3v) is 4.19. The van der Waals surface area contributed by atoms with E-state index in [1.807, 2.05) is 11.4 Å². The van der Waals surface area contributed by atoms with E-state index in [1.54, 1.807) is 37.0 Å². The Bertz CT molecular complexity index is 454. The second kappa shape index (κ2) is 4.72. The summed E-state index contributed by atoms with van der Waals surface area (Å²) in [6, 6.07) is 3.66. The molecule has 2 heterocycles.